The van der Waals surface area contributed by atoms with E-state index in [1.165, 1.54) is 4.90 Å². The van der Waals surface area contributed by atoms with Gasteiger partial charge in [0.1, 0.15) is 5.70 Å². The molecule has 3 amide bonds. The third-order valence-corrected chi connectivity index (χ3v) is 5.35. The van der Waals surface area contributed by atoms with Gasteiger partial charge in [0.15, 0.2) is 0 Å². The quantitative estimate of drug-likeness (QED) is 0.521. The lowest BCUT2D eigenvalue weighted by Gasteiger charge is -2.09. The molecule has 3 aromatic rings. The van der Waals surface area contributed by atoms with Crippen molar-refractivity contribution in [2.45, 2.75) is 20.4 Å². The Balaban J connectivity index is 1.81. The fourth-order valence-corrected chi connectivity index (χ4v) is 3.75. The maximum atomic E-state index is 12.5. The SMILES string of the molecule is CCN1C(=O)NC(=Cc2c(C)n(Cc3ccc(Cl)cc3)c3ccccc23)C1=O. The van der Waals surface area contributed by atoms with Crippen LogP contribution >= 0.6 is 11.6 Å². The van der Waals surface area contributed by atoms with Crippen LogP contribution in [0.25, 0.3) is 17.0 Å². The van der Waals surface area contributed by atoms with E-state index in [9.17, 15) is 9.59 Å². The summed E-state index contributed by atoms with van der Waals surface area (Å²) in [6.45, 7) is 4.85. The fourth-order valence-electron chi connectivity index (χ4n) is 3.62. The predicted octanol–water partition coefficient (Wildman–Crippen LogP) is 4.56. The van der Waals surface area contributed by atoms with Crippen LogP contribution in [0.5, 0.6) is 0 Å². The molecule has 142 valence electrons. The molecule has 0 unspecified atom stereocenters. The Kier molecular flexibility index (Phi) is 4.69. The number of carbonyl (C=O) groups excluding carboxylic acids is 2. The lowest BCUT2D eigenvalue weighted by Crippen LogP contribution is -2.30. The van der Waals surface area contributed by atoms with Crippen molar-refractivity contribution in [3.05, 3.63) is 76.1 Å². The third-order valence-electron chi connectivity index (χ3n) is 5.10. The minimum atomic E-state index is -0.374. The first-order chi connectivity index (χ1) is 13.5. The number of para-hydroxylation sites is 1. The van der Waals surface area contributed by atoms with E-state index >= 15 is 0 Å². The lowest BCUT2D eigenvalue weighted by molar-refractivity contribution is -0.122. The van der Waals surface area contributed by atoms with Crippen molar-refractivity contribution in [1.29, 1.82) is 0 Å². The first-order valence-electron chi connectivity index (χ1n) is 9.16. The zero-order chi connectivity index (χ0) is 19.8. The highest BCUT2D eigenvalue weighted by Crippen LogP contribution is 2.29. The Morgan fingerprint density at radius 3 is 2.46 bits per heavy atom. The number of nitrogens with zero attached hydrogens (tertiary/aromatic N) is 2. The van der Waals surface area contributed by atoms with Gasteiger partial charge < -0.3 is 9.88 Å². The van der Waals surface area contributed by atoms with Gasteiger partial charge >= 0.3 is 6.03 Å². The van der Waals surface area contributed by atoms with Crippen molar-refractivity contribution in [2.24, 2.45) is 0 Å². The first-order valence-corrected chi connectivity index (χ1v) is 9.54. The molecule has 0 spiro atoms. The largest absolute Gasteiger partial charge is 0.340 e. The lowest BCUT2D eigenvalue weighted by atomic mass is 10.1. The number of carbonyl (C=O) groups is 2. The summed E-state index contributed by atoms with van der Waals surface area (Å²) in [4.78, 5) is 25.7. The van der Waals surface area contributed by atoms with Crippen molar-refractivity contribution >= 4 is 40.5 Å². The summed E-state index contributed by atoms with van der Waals surface area (Å²) in [5.74, 6) is -0.290. The molecule has 1 N–H and O–H groups in total. The number of hydrogen-bond donors (Lipinski definition) is 1. The van der Waals surface area contributed by atoms with Crippen LogP contribution in [0.15, 0.2) is 54.2 Å². The highest BCUT2D eigenvalue weighted by molar-refractivity contribution is 6.30. The normalized spacial score (nSPS) is 15.7. The Morgan fingerprint density at radius 1 is 1.07 bits per heavy atom. The van der Waals surface area contributed by atoms with Gasteiger partial charge in [-0.05, 0) is 43.7 Å². The number of imide groups is 1. The minimum absolute atomic E-state index is 0.290. The number of hydrogen-bond acceptors (Lipinski definition) is 2. The molecule has 0 atom stereocenters. The molecule has 1 aliphatic heterocycles. The number of nitrogens with one attached hydrogen (secondary N) is 1. The average Bonchev–Trinajstić information content (AvgIpc) is 3.11. The van der Waals surface area contributed by atoms with Crippen LogP contribution in [0, 0.1) is 6.92 Å². The van der Waals surface area contributed by atoms with Gasteiger partial charge in [0, 0.05) is 40.3 Å². The molecule has 1 aromatic heterocycles. The summed E-state index contributed by atoms with van der Waals surface area (Å²) in [5, 5.41) is 4.43. The van der Waals surface area contributed by atoms with E-state index in [1.807, 2.05) is 49.4 Å². The summed E-state index contributed by atoms with van der Waals surface area (Å²) < 4.78 is 2.21. The molecule has 0 aliphatic carbocycles. The molecule has 5 nitrogen and oxygen atoms in total. The summed E-state index contributed by atoms with van der Waals surface area (Å²) in [6.07, 6.45) is 1.78. The van der Waals surface area contributed by atoms with E-state index < -0.39 is 0 Å². The van der Waals surface area contributed by atoms with Gasteiger partial charge in [-0.1, -0.05) is 41.9 Å². The van der Waals surface area contributed by atoms with Gasteiger partial charge in [-0.3, -0.25) is 9.69 Å². The maximum absolute atomic E-state index is 12.5. The van der Waals surface area contributed by atoms with Crippen molar-refractivity contribution in [3.63, 3.8) is 0 Å². The van der Waals surface area contributed by atoms with Gasteiger partial charge in [0.05, 0.1) is 0 Å². The van der Waals surface area contributed by atoms with Crippen molar-refractivity contribution in [2.75, 3.05) is 6.54 Å². The summed E-state index contributed by atoms with van der Waals surface area (Å²) in [7, 11) is 0. The standard InChI is InChI=1S/C22H20ClN3O2/c1-3-25-21(27)19(24-22(25)28)12-18-14(2)26(20-7-5-4-6-17(18)20)13-15-8-10-16(23)11-9-15/h4-12H,3,13H2,1-2H3,(H,24,28). The average molecular weight is 394 g/mol. The Bertz CT molecular complexity index is 1110. The molecule has 1 aliphatic rings. The predicted molar refractivity (Wildman–Crippen MR) is 111 cm³/mol. The Hall–Kier alpha value is -3.05. The van der Waals surface area contributed by atoms with Crippen LogP contribution in [-0.2, 0) is 11.3 Å². The Morgan fingerprint density at radius 2 is 1.79 bits per heavy atom. The van der Waals surface area contributed by atoms with Crippen LogP contribution in [0.1, 0.15) is 23.7 Å². The zero-order valence-electron chi connectivity index (χ0n) is 15.7. The second kappa shape index (κ2) is 7.17. The highest BCUT2D eigenvalue weighted by Gasteiger charge is 2.32. The van der Waals surface area contributed by atoms with Gasteiger partial charge in [0.2, 0.25) is 0 Å². The van der Waals surface area contributed by atoms with E-state index in [0.717, 1.165) is 27.7 Å². The van der Waals surface area contributed by atoms with Gasteiger partial charge in [-0.2, -0.15) is 0 Å². The smallest absolute Gasteiger partial charge is 0.328 e. The van der Waals surface area contributed by atoms with E-state index in [4.69, 9.17) is 11.6 Å². The van der Waals surface area contributed by atoms with Crippen LogP contribution < -0.4 is 5.32 Å². The molecule has 1 fully saturated rings. The van der Waals surface area contributed by atoms with Gasteiger partial charge in [0.25, 0.3) is 5.91 Å². The fraction of sp³-hybridized carbons (Fsp3) is 0.182. The van der Waals surface area contributed by atoms with Crippen LogP contribution in [0.3, 0.4) is 0 Å². The number of benzene rings is 2. The summed E-state index contributed by atoms with van der Waals surface area (Å²) >= 11 is 6.00. The minimum Gasteiger partial charge on any atom is -0.340 e. The van der Waals surface area contributed by atoms with E-state index in [1.54, 1.807) is 13.0 Å². The number of halogens is 1. The van der Waals surface area contributed by atoms with Crippen molar-refractivity contribution < 1.29 is 9.59 Å². The zero-order valence-corrected chi connectivity index (χ0v) is 16.5. The van der Waals surface area contributed by atoms with E-state index in [2.05, 4.69) is 16.0 Å². The molecule has 1 saturated heterocycles. The number of rotatable bonds is 4. The molecular formula is C22H20ClN3O2. The number of aromatic nitrogens is 1. The number of fused-ring (bicyclic) bond motifs is 1. The molecule has 0 saturated carbocycles. The molecule has 4 rings (SSSR count). The summed E-state index contributed by atoms with van der Waals surface area (Å²) in [5.41, 5.74) is 4.48. The second-order valence-electron chi connectivity index (χ2n) is 6.77. The molecule has 28 heavy (non-hydrogen) atoms. The Labute approximate surface area is 168 Å². The molecule has 2 aromatic carbocycles. The van der Waals surface area contributed by atoms with Crippen LogP contribution in [-0.4, -0.2) is 28.0 Å². The van der Waals surface area contributed by atoms with Crippen molar-refractivity contribution in [3.8, 4) is 0 Å². The van der Waals surface area contributed by atoms with Gasteiger partial charge in [-0.15, -0.1) is 0 Å². The topological polar surface area (TPSA) is 54.3 Å². The molecule has 0 bridgehead atoms. The maximum Gasteiger partial charge on any atom is 0.328 e. The number of amides is 3. The van der Waals surface area contributed by atoms with Crippen molar-refractivity contribution in [1.82, 2.24) is 14.8 Å². The number of urea groups is 1. The molecular weight excluding hydrogens is 374 g/mol. The summed E-state index contributed by atoms with van der Waals surface area (Å²) in [6, 6.07) is 15.5. The highest BCUT2D eigenvalue weighted by atomic mass is 35.5. The molecule has 6 heteroatoms. The van der Waals surface area contributed by atoms with E-state index in [0.29, 0.717) is 23.8 Å². The number of likely N-dealkylation sites (N-methyl/N-ethyl adjacent to an activating group) is 1. The molecule has 2 heterocycles. The monoisotopic (exact) mass is 393 g/mol. The molecule has 0 radical (unpaired) electrons. The van der Waals surface area contributed by atoms with Gasteiger partial charge in [-0.25, -0.2) is 4.79 Å². The second-order valence-corrected chi connectivity index (χ2v) is 7.20. The third kappa shape index (κ3) is 3.08. The first kappa shape index (κ1) is 18.3. The van der Waals surface area contributed by atoms with Crippen LogP contribution in [0.2, 0.25) is 5.02 Å². The van der Waals surface area contributed by atoms with Crippen LogP contribution in [0.4, 0.5) is 4.79 Å². The van der Waals surface area contributed by atoms with E-state index in [-0.39, 0.29) is 11.9 Å².